The van der Waals surface area contributed by atoms with Crippen LogP contribution in [0.25, 0.3) is 0 Å². The lowest BCUT2D eigenvalue weighted by atomic mass is 10.0. The number of fused-ring (bicyclic) bond motifs is 1. The van der Waals surface area contributed by atoms with E-state index in [9.17, 15) is 4.79 Å². The number of carbonyl (C=O) groups excluding carboxylic acids is 1. The summed E-state index contributed by atoms with van der Waals surface area (Å²) in [7, 11) is 0. The van der Waals surface area contributed by atoms with Crippen LogP contribution >= 0.6 is 0 Å². The van der Waals surface area contributed by atoms with Crippen LogP contribution < -0.4 is 5.32 Å². The number of hydrogen-bond donors (Lipinski definition) is 1. The Morgan fingerprint density at radius 1 is 1.05 bits per heavy atom. The molecule has 0 radical (unpaired) electrons. The molecule has 0 spiro atoms. The van der Waals surface area contributed by atoms with Crippen molar-refractivity contribution in [3.8, 4) is 0 Å². The van der Waals surface area contributed by atoms with Gasteiger partial charge in [-0.25, -0.2) is 0 Å². The van der Waals surface area contributed by atoms with Crippen LogP contribution in [0.15, 0.2) is 59.6 Å². The molecule has 3 heteroatoms. The molecule has 0 saturated carbocycles. The highest BCUT2D eigenvalue weighted by Gasteiger charge is 2.24. The topological polar surface area (TPSA) is 41.5 Å². The van der Waals surface area contributed by atoms with E-state index < -0.39 is 0 Å². The van der Waals surface area contributed by atoms with Crippen LogP contribution in [-0.2, 0) is 11.3 Å². The molecule has 1 aliphatic rings. The third kappa shape index (κ3) is 2.40. The number of carbonyl (C=O) groups is 1. The Labute approximate surface area is 112 Å². The van der Waals surface area contributed by atoms with Gasteiger partial charge in [-0.1, -0.05) is 48.5 Å². The largest absolute Gasteiger partial charge is 0.351 e. The molecule has 1 N–H and O–H groups in total. The average Bonchev–Trinajstić information content (AvgIpc) is 2.90. The predicted octanol–water partition coefficient (Wildman–Crippen LogP) is 2.80. The predicted molar refractivity (Wildman–Crippen MR) is 75.6 cm³/mol. The van der Waals surface area contributed by atoms with E-state index in [1.165, 1.54) is 0 Å². The summed E-state index contributed by atoms with van der Waals surface area (Å²) in [6, 6.07) is 17.6. The number of para-hydroxylation sites is 1. The van der Waals surface area contributed by atoms with E-state index in [1.807, 2.05) is 54.6 Å². The van der Waals surface area contributed by atoms with Crippen molar-refractivity contribution >= 4 is 17.8 Å². The second-order valence-corrected chi connectivity index (χ2v) is 4.52. The van der Waals surface area contributed by atoms with Crippen molar-refractivity contribution in [1.82, 2.24) is 5.32 Å². The van der Waals surface area contributed by atoms with Crippen LogP contribution in [0.1, 0.15) is 17.0 Å². The monoisotopic (exact) mass is 250 g/mol. The van der Waals surface area contributed by atoms with Gasteiger partial charge in [0.25, 0.3) is 0 Å². The van der Waals surface area contributed by atoms with Crippen molar-refractivity contribution in [3.63, 3.8) is 0 Å². The maximum absolute atomic E-state index is 12.2. The van der Waals surface area contributed by atoms with E-state index >= 15 is 0 Å². The molecule has 0 aliphatic carbocycles. The molecule has 19 heavy (non-hydrogen) atoms. The quantitative estimate of drug-likeness (QED) is 0.894. The fourth-order valence-corrected chi connectivity index (χ4v) is 2.21. The van der Waals surface area contributed by atoms with Crippen LogP contribution in [0.3, 0.4) is 0 Å². The molecule has 2 aromatic carbocycles. The van der Waals surface area contributed by atoms with Gasteiger partial charge in [0.05, 0.1) is 5.69 Å². The van der Waals surface area contributed by atoms with E-state index in [1.54, 1.807) is 6.21 Å². The first-order valence-electron chi connectivity index (χ1n) is 6.29. The van der Waals surface area contributed by atoms with Gasteiger partial charge in [0.15, 0.2) is 0 Å². The molecule has 1 unspecified atom stereocenters. The molecule has 2 aromatic rings. The normalized spacial score (nSPS) is 16.1. The Morgan fingerprint density at radius 3 is 2.63 bits per heavy atom. The Morgan fingerprint density at radius 2 is 1.79 bits per heavy atom. The molecule has 1 atom stereocenters. The van der Waals surface area contributed by atoms with Gasteiger partial charge in [0.1, 0.15) is 5.92 Å². The zero-order valence-electron chi connectivity index (χ0n) is 10.4. The fourth-order valence-electron chi connectivity index (χ4n) is 2.21. The van der Waals surface area contributed by atoms with Gasteiger partial charge in [-0.2, -0.15) is 0 Å². The van der Waals surface area contributed by atoms with Crippen molar-refractivity contribution in [1.29, 1.82) is 0 Å². The second kappa shape index (κ2) is 5.06. The minimum atomic E-state index is -0.264. The molecule has 94 valence electrons. The molecule has 0 aromatic heterocycles. The molecule has 3 nitrogen and oxygen atoms in total. The zero-order valence-corrected chi connectivity index (χ0v) is 10.4. The molecule has 1 heterocycles. The minimum absolute atomic E-state index is 0.00227. The summed E-state index contributed by atoms with van der Waals surface area (Å²) >= 11 is 0. The first-order valence-corrected chi connectivity index (χ1v) is 6.29. The number of hydrogen-bond acceptors (Lipinski definition) is 2. The molecule has 1 amide bonds. The third-order valence-electron chi connectivity index (χ3n) is 3.23. The SMILES string of the molecule is O=C(NCc1ccccc1)C1C=Nc2ccccc21. The van der Waals surface area contributed by atoms with Crippen molar-refractivity contribution in [2.45, 2.75) is 12.5 Å². The van der Waals surface area contributed by atoms with Gasteiger partial charge in [-0.05, 0) is 17.2 Å². The lowest BCUT2D eigenvalue weighted by Gasteiger charge is -2.10. The number of benzene rings is 2. The maximum Gasteiger partial charge on any atom is 0.233 e. The van der Waals surface area contributed by atoms with E-state index in [0.29, 0.717) is 6.54 Å². The lowest BCUT2D eigenvalue weighted by Crippen LogP contribution is -2.28. The molecule has 3 rings (SSSR count). The Hall–Kier alpha value is -2.42. The van der Waals surface area contributed by atoms with E-state index in [4.69, 9.17) is 0 Å². The van der Waals surface area contributed by atoms with Gasteiger partial charge in [0, 0.05) is 12.8 Å². The summed E-state index contributed by atoms with van der Waals surface area (Å²) in [5.41, 5.74) is 2.97. The van der Waals surface area contributed by atoms with Crippen molar-refractivity contribution < 1.29 is 4.79 Å². The highest BCUT2D eigenvalue weighted by Crippen LogP contribution is 2.31. The Kier molecular flexibility index (Phi) is 3.11. The second-order valence-electron chi connectivity index (χ2n) is 4.52. The van der Waals surface area contributed by atoms with Crippen LogP contribution in [0.4, 0.5) is 5.69 Å². The van der Waals surface area contributed by atoms with Gasteiger partial charge in [-0.15, -0.1) is 0 Å². The standard InChI is InChI=1S/C16H14N2O/c19-16(18-10-12-6-2-1-3-7-12)14-11-17-15-9-5-4-8-13(14)15/h1-9,11,14H,10H2,(H,18,19). The summed E-state index contributed by atoms with van der Waals surface area (Å²) in [5, 5.41) is 2.95. The van der Waals surface area contributed by atoms with Gasteiger partial charge in [0.2, 0.25) is 5.91 Å². The highest BCUT2D eigenvalue weighted by molar-refractivity contribution is 6.03. The van der Waals surface area contributed by atoms with E-state index in [-0.39, 0.29) is 11.8 Å². The minimum Gasteiger partial charge on any atom is -0.351 e. The first kappa shape index (κ1) is 11.7. The highest BCUT2D eigenvalue weighted by atomic mass is 16.1. The van der Waals surface area contributed by atoms with E-state index in [0.717, 1.165) is 16.8 Å². The van der Waals surface area contributed by atoms with Gasteiger partial charge in [-0.3, -0.25) is 9.79 Å². The molecule has 0 saturated heterocycles. The molecular formula is C16H14N2O. The number of nitrogens with zero attached hydrogens (tertiary/aromatic N) is 1. The van der Waals surface area contributed by atoms with Crippen molar-refractivity contribution in [2.24, 2.45) is 4.99 Å². The van der Waals surface area contributed by atoms with Crippen LogP contribution in [0.5, 0.6) is 0 Å². The third-order valence-corrected chi connectivity index (χ3v) is 3.23. The number of nitrogens with one attached hydrogen (secondary N) is 1. The molecule has 0 bridgehead atoms. The molecular weight excluding hydrogens is 236 g/mol. The Bertz CT molecular complexity index is 620. The van der Waals surface area contributed by atoms with Crippen LogP contribution in [0, 0.1) is 0 Å². The summed E-state index contributed by atoms with van der Waals surface area (Å²) < 4.78 is 0. The zero-order chi connectivity index (χ0) is 13.1. The molecule has 0 fully saturated rings. The number of amides is 1. The van der Waals surface area contributed by atoms with E-state index in [2.05, 4.69) is 10.3 Å². The van der Waals surface area contributed by atoms with Crippen LogP contribution in [0.2, 0.25) is 0 Å². The number of aliphatic imine (C=N–C) groups is 1. The van der Waals surface area contributed by atoms with Gasteiger partial charge >= 0.3 is 0 Å². The maximum atomic E-state index is 12.2. The smallest absolute Gasteiger partial charge is 0.233 e. The van der Waals surface area contributed by atoms with Crippen LogP contribution in [-0.4, -0.2) is 12.1 Å². The summed E-state index contributed by atoms with van der Waals surface area (Å²) in [5.74, 6) is -0.266. The average molecular weight is 250 g/mol. The Balaban J connectivity index is 1.68. The fraction of sp³-hybridized carbons (Fsp3) is 0.125. The van der Waals surface area contributed by atoms with Crippen molar-refractivity contribution in [2.75, 3.05) is 0 Å². The summed E-state index contributed by atoms with van der Waals surface area (Å²) in [4.78, 5) is 16.4. The molecule has 1 aliphatic heterocycles. The summed E-state index contributed by atoms with van der Waals surface area (Å²) in [6.45, 7) is 0.548. The van der Waals surface area contributed by atoms with Gasteiger partial charge < -0.3 is 5.32 Å². The first-order chi connectivity index (χ1) is 9.34. The lowest BCUT2D eigenvalue weighted by molar-refractivity contribution is -0.121. The summed E-state index contributed by atoms with van der Waals surface area (Å²) in [6.07, 6.45) is 1.71. The number of rotatable bonds is 3. The van der Waals surface area contributed by atoms with Crippen molar-refractivity contribution in [3.05, 3.63) is 65.7 Å².